The van der Waals surface area contributed by atoms with E-state index in [4.69, 9.17) is 0 Å². The summed E-state index contributed by atoms with van der Waals surface area (Å²) < 4.78 is 39.3. The van der Waals surface area contributed by atoms with Gasteiger partial charge >= 0.3 is 0 Å². The molecule has 0 fully saturated rings. The van der Waals surface area contributed by atoms with Crippen molar-refractivity contribution in [3.8, 4) is 0 Å². The van der Waals surface area contributed by atoms with Gasteiger partial charge in [-0.2, -0.15) is 0 Å². The normalized spacial score (nSPS) is 10.4. The number of rotatable bonds is 4. The van der Waals surface area contributed by atoms with Gasteiger partial charge in [0, 0.05) is 5.69 Å². The van der Waals surface area contributed by atoms with E-state index in [1.165, 1.54) is 0 Å². The number of hydrogen-bond acceptors (Lipinski definition) is 2. The van der Waals surface area contributed by atoms with E-state index in [9.17, 15) is 18.0 Å². The Morgan fingerprint density at radius 1 is 1.00 bits per heavy atom. The molecule has 0 aromatic heterocycles. The molecule has 0 bridgehead atoms. The Hall–Kier alpha value is -2.50. The Balaban J connectivity index is 2.00. The van der Waals surface area contributed by atoms with Crippen molar-refractivity contribution in [3.05, 3.63) is 58.9 Å². The Bertz CT molecular complexity index is 697. The summed E-state index contributed by atoms with van der Waals surface area (Å²) in [6.45, 7) is 3.53. The molecule has 3 nitrogen and oxygen atoms in total. The van der Waals surface area contributed by atoms with Gasteiger partial charge in [0.05, 0.1) is 12.2 Å². The van der Waals surface area contributed by atoms with Crippen LogP contribution in [0.3, 0.4) is 0 Å². The maximum Gasteiger partial charge on any atom is 0.243 e. The van der Waals surface area contributed by atoms with Crippen LogP contribution in [0.15, 0.2) is 30.3 Å². The molecule has 116 valence electrons. The molecule has 0 atom stereocenters. The van der Waals surface area contributed by atoms with Crippen molar-refractivity contribution < 1.29 is 18.0 Å². The molecule has 2 N–H and O–H groups in total. The van der Waals surface area contributed by atoms with Crippen molar-refractivity contribution in [3.63, 3.8) is 0 Å². The third-order valence-electron chi connectivity index (χ3n) is 2.98. The van der Waals surface area contributed by atoms with Gasteiger partial charge in [0.2, 0.25) is 5.91 Å². The van der Waals surface area contributed by atoms with Crippen molar-refractivity contribution in [2.24, 2.45) is 0 Å². The lowest BCUT2D eigenvalue weighted by molar-refractivity contribution is -0.114. The van der Waals surface area contributed by atoms with Crippen LogP contribution in [0.25, 0.3) is 0 Å². The third kappa shape index (κ3) is 3.78. The van der Waals surface area contributed by atoms with Crippen LogP contribution in [0.1, 0.15) is 11.1 Å². The van der Waals surface area contributed by atoms with Gasteiger partial charge in [0.1, 0.15) is 0 Å². The molecule has 2 rings (SSSR count). The number of halogens is 3. The predicted molar refractivity (Wildman–Crippen MR) is 79.4 cm³/mol. The molecule has 0 heterocycles. The summed E-state index contributed by atoms with van der Waals surface area (Å²) in [4.78, 5) is 11.8. The fourth-order valence-electron chi connectivity index (χ4n) is 2.09. The maximum atomic E-state index is 13.4. The van der Waals surface area contributed by atoms with E-state index in [0.29, 0.717) is 5.69 Å². The summed E-state index contributed by atoms with van der Waals surface area (Å²) >= 11 is 0. The standard InChI is InChI=1S/C16H15F3N2O/c1-9-5-10(2)7-11(6-9)21-14(22)8-20-13-4-3-12(17)15(18)16(13)19/h3-7,20H,8H2,1-2H3,(H,21,22). The third-order valence-corrected chi connectivity index (χ3v) is 2.98. The van der Waals surface area contributed by atoms with Crippen molar-refractivity contribution >= 4 is 17.3 Å². The smallest absolute Gasteiger partial charge is 0.243 e. The quantitative estimate of drug-likeness (QED) is 0.844. The van der Waals surface area contributed by atoms with Crippen LogP contribution in [0.4, 0.5) is 24.5 Å². The lowest BCUT2D eigenvalue weighted by Crippen LogP contribution is -2.22. The highest BCUT2D eigenvalue weighted by molar-refractivity contribution is 5.93. The summed E-state index contributed by atoms with van der Waals surface area (Å²) in [6.07, 6.45) is 0. The number of aryl methyl sites for hydroxylation is 2. The first-order valence-electron chi connectivity index (χ1n) is 6.62. The summed E-state index contributed by atoms with van der Waals surface area (Å²) in [5.41, 5.74) is 2.34. The average molecular weight is 308 g/mol. The second-order valence-electron chi connectivity index (χ2n) is 5.00. The number of carbonyl (C=O) groups excluding carboxylic acids is 1. The largest absolute Gasteiger partial charge is 0.374 e. The van der Waals surface area contributed by atoms with E-state index in [0.717, 1.165) is 23.3 Å². The molecule has 0 spiro atoms. The molecule has 2 aromatic rings. The minimum Gasteiger partial charge on any atom is -0.374 e. The first-order chi connectivity index (χ1) is 10.4. The fourth-order valence-corrected chi connectivity index (χ4v) is 2.09. The molecule has 2 aromatic carbocycles. The molecule has 0 saturated heterocycles. The second kappa shape index (κ2) is 6.51. The highest BCUT2D eigenvalue weighted by Crippen LogP contribution is 2.19. The van der Waals surface area contributed by atoms with Crippen LogP contribution in [0, 0.1) is 31.3 Å². The molecule has 0 saturated carbocycles. The summed E-state index contributed by atoms with van der Waals surface area (Å²) in [5.74, 6) is -4.62. The first-order valence-corrected chi connectivity index (χ1v) is 6.62. The lowest BCUT2D eigenvalue weighted by atomic mass is 10.1. The van der Waals surface area contributed by atoms with Gasteiger partial charge in [-0.25, -0.2) is 13.2 Å². The van der Waals surface area contributed by atoms with Crippen molar-refractivity contribution in [2.75, 3.05) is 17.2 Å². The number of hydrogen-bond donors (Lipinski definition) is 2. The zero-order chi connectivity index (χ0) is 16.3. The average Bonchev–Trinajstić information content (AvgIpc) is 2.43. The molecule has 6 heteroatoms. The first kappa shape index (κ1) is 15.9. The Morgan fingerprint density at radius 2 is 1.64 bits per heavy atom. The van der Waals surface area contributed by atoms with Crippen molar-refractivity contribution in [2.45, 2.75) is 13.8 Å². The number of carbonyl (C=O) groups is 1. The van der Waals surface area contributed by atoms with Gasteiger partial charge in [-0.05, 0) is 49.2 Å². The van der Waals surface area contributed by atoms with Crippen LogP contribution >= 0.6 is 0 Å². The lowest BCUT2D eigenvalue weighted by Gasteiger charge is -2.10. The number of nitrogens with one attached hydrogen (secondary N) is 2. The zero-order valence-corrected chi connectivity index (χ0v) is 12.1. The maximum absolute atomic E-state index is 13.4. The molecule has 0 unspecified atom stereocenters. The molecule has 0 radical (unpaired) electrons. The van der Waals surface area contributed by atoms with Crippen molar-refractivity contribution in [1.82, 2.24) is 0 Å². The molecule has 0 aliphatic heterocycles. The van der Waals surface area contributed by atoms with Gasteiger partial charge in [-0.15, -0.1) is 0 Å². The fraction of sp³-hybridized carbons (Fsp3) is 0.188. The summed E-state index contributed by atoms with van der Waals surface area (Å²) in [7, 11) is 0. The van der Waals surface area contributed by atoms with Crippen LogP contribution in [-0.2, 0) is 4.79 Å². The topological polar surface area (TPSA) is 41.1 Å². The summed E-state index contributed by atoms with van der Waals surface area (Å²) in [6, 6.07) is 7.39. The van der Waals surface area contributed by atoms with E-state index in [-0.39, 0.29) is 12.2 Å². The number of amides is 1. The van der Waals surface area contributed by atoms with Crippen LogP contribution in [0.5, 0.6) is 0 Å². The monoisotopic (exact) mass is 308 g/mol. The molecular weight excluding hydrogens is 293 g/mol. The van der Waals surface area contributed by atoms with Crippen LogP contribution in [-0.4, -0.2) is 12.5 Å². The Kier molecular flexibility index (Phi) is 4.70. The van der Waals surface area contributed by atoms with Crippen LogP contribution < -0.4 is 10.6 Å². The van der Waals surface area contributed by atoms with E-state index in [1.807, 2.05) is 19.9 Å². The molecule has 0 aliphatic rings. The van der Waals surface area contributed by atoms with Gasteiger partial charge in [-0.3, -0.25) is 4.79 Å². The van der Waals surface area contributed by atoms with E-state index in [2.05, 4.69) is 10.6 Å². The molecule has 22 heavy (non-hydrogen) atoms. The number of anilines is 2. The van der Waals surface area contributed by atoms with Gasteiger partial charge in [0.15, 0.2) is 17.5 Å². The molecule has 0 aliphatic carbocycles. The highest BCUT2D eigenvalue weighted by Gasteiger charge is 2.13. The predicted octanol–water partition coefficient (Wildman–Crippen LogP) is 3.77. The Morgan fingerprint density at radius 3 is 2.27 bits per heavy atom. The Labute approximate surface area is 126 Å². The molecule has 1 amide bonds. The summed E-state index contributed by atoms with van der Waals surface area (Å²) in [5, 5.41) is 5.08. The minimum absolute atomic E-state index is 0.269. The molecular formula is C16H15F3N2O. The SMILES string of the molecule is Cc1cc(C)cc(NC(=O)CNc2ccc(F)c(F)c2F)c1. The zero-order valence-electron chi connectivity index (χ0n) is 12.1. The minimum atomic E-state index is -1.57. The second-order valence-corrected chi connectivity index (χ2v) is 5.00. The van der Waals surface area contributed by atoms with Gasteiger partial charge in [-0.1, -0.05) is 6.07 Å². The van der Waals surface area contributed by atoms with Gasteiger partial charge < -0.3 is 10.6 Å². The van der Waals surface area contributed by atoms with Gasteiger partial charge in [0.25, 0.3) is 0 Å². The highest BCUT2D eigenvalue weighted by atomic mass is 19.2. The van der Waals surface area contributed by atoms with E-state index >= 15 is 0 Å². The van der Waals surface area contributed by atoms with Crippen molar-refractivity contribution in [1.29, 1.82) is 0 Å². The number of benzene rings is 2. The van der Waals surface area contributed by atoms with Crippen LogP contribution in [0.2, 0.25) is 0 Å². The van der Waals surface area contributed by atoms with E-state index in [1.54, 1.807) is 12.1 Å². The van der Waals surface area contributed by atoms with E-state index < -0.39 is 23.4 Å².